The Labute approximate surface area is 87.9 Å². The van der Waals surface area contributed by atoms with Crippen LogP contribution >= 0.6 is 10.7 Å². The minimum Gasteiger partial charge on any atom is -0.334 e. The van der Waals surface area contributed by atoms with E-state index in [1.54, 1.807) is 0 Å². The first kappa shape index (κ1) is 13.0. The van der Waals surface area contributed by atoms with Crippen molar-refractivity contribution in [2.45, 2.75) is 0 Å². The van der Waals surface area contributed by atoms with Crippen molar-refractivity contribution in [2.75, 3.05) is 0 Å². The van der Waals surface area contributed by atoms with E-state index < -0.39 is 21.3 Å². The smallest absolute Gasteiger partial charge is 0.334 e. The predicted octanol–water partition coefficient (Wildman–Crippen LogP) is 0.872. The Morgan fingerprint density at radius 2 is 2.00 bits per heavy atom. The second-order valence-electron chi connectivity index (χ2n) is 2.29. The summed E-state index contributed by atoms with van der Waals surface area (Å²) in [4.78, 5) is 11.0. The molecule has 0 rings (SSSR count). The van der Waals surface area contributed by atoms with E-state index in [9.17, 15) is 13.2 Å². The number of hydrogen-bond donors (Lipinski definition) is 1. The monoisotopic (exact) mass is 233 g/mol. The van der Waals surface area contributed by atoms with Gasteiger partial charge in [-0.2, -0.15) is 0 Å². The SMILES string of the molecule is C=C/C=C(\C=C)NC(=O)BS(=O)(=O)Cl. The van der Waals surface area contributed by atoms with Crippen molar-refractivity contribution in [3.63, 3.8) is 0 Å². The largest absolute Gasteiger partial charge is 0.399 e. The molecule has 0 radical (unpaired) electrons. The zero-order valence-electron chi connectivity index (χ0n) is 7.36. The van der Waals surface area contributed by atoms with Crippen LogP contribution < -0.4 is 5.32 Å². The first-order valence-electron chi connectivity index (χ1n) is 3.56. The fourth-order valence-corrected chi connectivity index (χ4v) is 1.32. The normalized spacial score (nSPS) is 11.6. The zero-order chi connectivity index (χ0) is 11.2. The van der Waals surface area contributed by atoms with E-state index in [-0.39, 0.29) is 0 Å². The predicted molar refractivity (Wildman–Crippen MR) is 58.9 cm³/mol. The summed E-state index contributed by atoms with van der Waals surface area (Å²) in [5.41, 5.74) is 0.366. The highest BCUT2D eigenvalue weighted by Crippen LogP contribution is 1.96. The molecule has 0 aliphatic heterocycles. The van der Waals surface area contributed by atoms with Crippen molar-refractivity contribution in [3.8, 4) is 0 Å². The summed E-state index contributed by atoms with van der Waals surface area (Å²) < 4.78 is 21.0. The molecule has 4 nitrogen and oxygen atoms in total. The number of allylic oxidation sites excluding steroid dienone is 3. The fourth-order valence-electron chi connectivity index (χ4n) is 0.641. The number of rotatable bonds is 5. The highest BCUT2D eigenvalue weighted by atomic mass is 35.7. The van der Waals surface area contributed by atoms with Crippen LogP contribution in [0.1, 0.15) is 0 Å². The average molecular weight is 233 g/mol. The maximum atomic E-state index is 11.0. The molecule has 0 saturated heterocycles. The third-order valence-corrected chi connectivity index (χ3v) is 2.04. The third kappa shape index (κ3) is 6.50. The molecule has 0 aromatic heterocycles. The number of hydrogen-bond acceptors (Lipinski definition) is 3. The second-order valence-corrected chi connectivity index (χ2v) is 5.07. The zero-order valence-corrected chi connectivity index (χ0v) is 8.94. The molecule has 14 heavy (non-hydrogen) atoms. The Bertz CT molecular complexity index is 374. The maximum absolute atomic E-state index is 11.0. The van der Waals surface area contributed by atoms with Gasteiger partial charge in [-0.25, -0.2) is 8.42 Å². The molecule has 0 aliphatic rings. The summed E-state index contributed by atoms with van der Waals surface area (Å²) in [6, 6.07) is 0. The lowest BCUT2D eigenvalue weighted by molar-refractivity contribution is 0.261. The molecule has 7 heteroatoms. The van der Waals surface area contributed by atoms with Gasteiger partial charge in [0.25, 0.3) is 0 Å². The van der Waals surface area contributed by atoms with Gasteiger partial charge in [-0.05, 0) is 12.2 Å². The molecule has 0 aromatic carbocycles. The summed E-state index contributed by atoms with van der Waals surface area (Å²) in [7, 11) is 1.06. The van der Waals surface area contributed by atoms with Gasteiger partial charge in [-0.1, -0.05) is 19.2 Å². The highest BCUT2D eigenvalue weighted by molar-refractivity contribution is 8.34. The van der Waals surface area contributed by atoms with Gasteiger partial charge < -0.3 is 5.32 Å². The Morgan fingerprint density at radius 1 is 1.43 bits per heavy atom. The average Bonchev–Trinajstić information content (AvgIpc) is 2.00. The summed E-state index contributed by atoms with van der Waals surface area (Å²) >= 11 is 0. The number of amides is 1. The molecule has 0 saturated carbocycles. The summed E-state index contributed by atoms with van der Waals surface area (Å²) in [6.07, 6.45) is 4.28. The van der Waals surface area contributed by atoms with Gasteiger partial charge in [-0.15, -0.1) is 0 Å². The van der Waals surface area contributed by atoms with E-state index in [2.05, 4.69) is 18.5 Å². The van der Waals surface area contributed by atoms with Gasteiger partial charge >= 0.3 is 6.56 Å². The molecule has 0 atom stereocenters. The first-order chi connectivity index (χ1) is 6.39. The van der Waals surface area contributed by atoms with Crippen molar-refractivity contribution in [2.24, 2.45) is 0 Å². The molecule has 0 fully saturated rings. The fraction of sp³-hybridized carbons (Fsp3) is 0. The molecule has 1 amide bonds. The van der Waals surface area contributed by atoms with Crippen molar-refractivity contribution in [1.29, 1.82) is 0 Å². The van der Waals surface area contributed by atoms with Crippen LogP contribution in [-0.2, 0) is 8.90 Å². The molecule has 0 unspecified atom stereocenters. The van der Waals surface area contributed by atoms with E-state index in [4.69, 9.17) is 10.7 Å². The first-order valence-corrected chi connectivity index (χ1v) is 6.04. The quantitative estimate of drug-likeness (QED) is 0.435. The molecule has 0 aromatic rings. The maximum Gasteiger partial charge on any atom is 0.399 e. The van der Waals surface area contributed by atoms with E-state index in [1.165, 1.54) is 18.2 Å². The lowest BCUT2D eigenvalue weighted by Gasteiger charge is -2.02. The Balaban J connectivity index is 4.39. The Kier molecular flexibility index (Phi) is 5.26. The van der Waals surface area contributed by atoms with Gasteiger partial charge in [-0.3, -0.25) is 4.79 Å². The summed E-state index contributed by atoms with van der Waals surface area (Å²) in [5, 5.41) is 2.29. The molecule has 0 aliphatic carbocycles. The van der Waals surface area contributed by atoms with E-state index >= 15 is 0 Å². The molecule has 76 valence electrons. The Morgan fingerprint density at radius 3 is 2.36 bits per heavy atom. The van der Waals surface area contributed by atoms with Crippen molar-refractivity contribution >= 4 is 31.9 Å². The van der Waals surface area contributed by atoms with Crippen LogP contribution in [0.15, 0.2) is 37.1 Å². The number of carbonyl (C=O) groups is 1. The van der Waals surface area contributed by atoms with Crippen molar-refractivity contribution in [1.82, 2.24) is 5.32 Å². The summed E-state index contributed by atoms with van der Waals surface area (Å²) in [5.74, 6) is -0.715. The number of halogens is 1. The van der Waals surface area contributed by atoms with Crippen LogP contribution in [0.3, 0.4) is 0 Å². The lowest BCUT2D eigenvalue weighted by Crippen LogP contribution is -2.28. The van der Waals surface area contributed by atoms with Crippen LogP contribution in [0.25, 0.3) is 0 Å². The van der Waals surface area contributed by atoms with Crippen LogP contribution in [0.4, 0.5) is 4.79 Å². The van der Waals surface area contributed by atoms with Crippen LogP contribution in [0.2, 0.25) is 0 Å². The Hall–Kier alpha value is -1.01. The van der Waals surface area contributed by atoms with E-state index in [0.29, 0.717) is 5.70 Å². The lowest BCUT2D eigenvalue weighted by atomic mass is 10.1. The van der Waals surface area contributed by atoms with E-state index in [0.717, 1.165) is 0 Å². The molecular formula is C7H9BClNO3S. The topological polar surface area (TPSA) is 63.2 Å². The van der Waals surface area contributed by atoms with Crippen LogP contribution in [0.5, 0.6) is 0 Å². The standard InChI is InChI=1S/C7H9BClNO3S/c1-3-5-6(4-2)10-7(11)8-14(9,12)13/h3-5,8H,1-2H2,(H,10,11)/b6-5+. The van der Waals surface area contributed by atoms with Crippen molar-refractivity contribution in [3.05, 3.63) is 37.1 Å². The number of carbonyl (C=O) groups excluding carboxylic acids is 1. The van der Waals surface area contributed by atoms with Crippen molar-refractivity contribution < 1.29 is 13.2 Å². The summed E-state index contributed by atoms with van der Waals surface area (Å²) in [6.45, 7) is 6.06. The minimum atomic E-state index is -3.82. The van der Waals surface area contributed by atoms with Gasteiger partial charge in [0, 0.05) is 16.4 Å². The van der Waals surface area contributed by atoms with Gasteiger partial charge in [0.1, 0.15) is 0 Å². The molecule has 0 bridgehead atoms. The second kappa shape index (κ2) is 5.67. The van der Waals surface area contributed by atoms with Gasteiger partial charge in [0.2, 0.25) is 0 Å². The molecule has 1 N–H and O–H groups in total. The van der Waals surface area contributed by atoms with Crippen LogP contribution in [0, 0.1) is 0 Å². The molecule has 0 heterocycles. The molecular weight excluding hydrogens is 224 g/mol. The van der Waals surface area contributed by atoms with Gasteiger partial charge in [0.05, 0.1) is 0 Å². The third-order valence-electron chi connectivity index (χ3n) is 1.10. The van der Waals surface area contributed by atoms with E-state index in [1.807, 2.05) is 0 Å². The number of nitrogens with one attached hydrogen (secondary N) is 1. The minimum absolute atomic E-state index is 0.366. The molecule has 0 spiro atoms. The van der Waals surface area contributed by atoms with Gasteiger partial charge in [0.15, 0.2) is 14.7 Å². The highest BCUT2D eigenvalue weighted by Gasteiger charge is 2.17. The van der Waals surface area contributed by atoms with Crippen LogP contribution in [-0.4, -0.2) is 20.8 Å².